The van der Waals surface area contributed by atoms with E-state index in [1.165, 1.54) is 11.2 Å². The molecule has 1 aliphatic heterocycles. The van der Waals surface area contributed by atoms with Crippen molar-refractivity contribution in [3.05, 3.63) is 17.2 Å². The molecular formula is C4H5O2S. The van der Waals surface area contributed by atoms with Crippen LogP contribution in [0.5, 0.6) is 0 Å². The summed E-state index contributed by atoms with van der Waals surface area (Å²) in [7, 11) is -2.85. The maximum atomic E-state index is 10.3. The van der Waals surface area contributed by atoms with E-state index in [2.05, 4.69) is 0 Å². The van der Waals surface area contributed by atoms with Crippen molar-refractivity contribution in [2.45, 2.75) is 6.42 Å². The van der Waals surface area contributed by atoms with Gasteiger partial charge in [0.15, 0.2) is 9.84 Å². The summed E-state index contributed by atoms with van der Waals surface area (Å²) < 4.78 is 20.6. The Balaban J connectivity index is 2.99. The highest BCUT2D eigenvalue weighted by atomic mass is 32.2. The number of allylic oxidation sites excluding steroid dienone is 1. The second kappa shape index (κ2) is 1.33. The molecule has 0 fully saturated rings. The van der Waals surface area contributed by atoms with Gasteiger partial charge in [-0.25, -0.2) is 8.42 Å². The third-order valence-electron chi connectivity index (χ3n) is 0.751. The van der Waals surface area contributed by atoms with E-state index >= 15 is 0 Å². The highest BCUT2D eigenvalue weighted by molar-refractivity contribution is 7.96. The highest BCUT2D eigenvalue weighted by Gasteiger charge is 2.09. The van der Waals surface area contributed by atoms with Crippen molar-refractivity contribution in [1.29, 1.82) is 0 Å². The molecule has 0 aliphatic carbocycles. The molecule has 0 atom stereocenters. The van der Waals surface area contributed by atoms with Gasteiger partial charge in [-0.05, 0) is 6.42 Å². The average molecular weight is 117 g/mol. The fraction of sp³-hybridized carbons (Fsp3) is 0.250. The van der Waals surface area contributed by atoms with Crippen molar-refractivity contribution in [3.8, 4) is 0 Å². The minimum absolute atomic E-state index is 0.572. The SMILES string of the molecule is O=S1(=O)[CH]CC=C1. The van der Waals surface area contributed by atoms with Crippen molar-refractivity contribution in [3.63, 3.8) is 0 Å². The van der Waals surface area contributed by atoms with E-state index in [1.807, 2.05) is 0 Å². The van der Waals surface area contributed by atoms with Crippen LogP contribution in [0.4, 0.5) is 0 Å². The number of hydrogen-bond acceptors (Lipinski definition) is 2. The molecule has 0 unspecified atom stereocenters. The zero-order valence-corrected chi connectivity index (χ0v) is 4.48. The highest BCUT2D eigenvalue weighted by Crippen LogP contribution is 2.10. The van der Waals surface area contributed by atoms with Crippen LogP contribution in [-0.4, -0.2) is 8.42 Å². The molecule has 0 N–H and O–H groups in total. The van der Waals surface area contributed by atoms with Crippen molar-refractivity contribution >= 4 is 9.84 Å². The molecule has 0 saturated heterocycles. The van der Waals surface area contributed by atoms with Crippen LogP contribution in [0.2, 0.25) is 0 Å². The van der Waals surface area contributed by atoms with Gasteiger partial charge < -0.3 is 0 Å². The maximum Gasteiger partial charge on any atom is 0.175 e. The predicted octanol–water partition coefficient (Wildman–Crippen LogP) is 0.480. The average Bonchev–Trinajstić information content (AvgIpc) is 1.84. The van der Waals surface area contributed by atoms with Crippen molar-refractivity contribution in [1.82, 2.24) is 0 Å². The van der Waals surface area contributed by atoms with Crippen molar-refractivity contribution in [2.75, 3.05) is 0 Å². The van der Waals surface area contributed by atoms with Crippen molar-refractivity contribution in [2.24, 2.45) is 0 Å². The van der Waals surface area contributed by atoms with E-state index in [1.54, 1.807) is 6.08 Å². The Morgan fingerprint density at radius 3 is 2.29 bits per heavy atom. The summed E-state index contributed by atoms with van der Waals surface area (Å²) in [5.41, 5.74) is 0. The molecule has 39 valence electrons. The minimum Gasteiger partial charge on any atom is -0.224 e. The van der Waals surface area contributed by atoms with Gasteiger partial charge in [0.25, 0.3) is 0 Å². The van der Waals surface area contributed by atoms with E-state index in [0.717, 1.165) is 0 Å². The minimum atomic E-state index is -2.85. The van der Waals surface area contributed by atoms with E-state index in [9.17, 15) is 8.42 Å². The van der Waals surface area contributed by atoms with Gasteiger partial charge in [0.05, 0.1) is 5.75 Å². The third kappa shape index (κ3) is 1.03. The van der Waals surface area contributed by atoms with E-state index < -0.39 is 9.84 Å². The van der Waals surface area contributed by atoms with E-state index in [-0.39, 0.29) is 0 Å². The molecule has 1 heterocycles. The molecule has 0 saturated carbocycles. The summed E-state index contributed by atoms with van der Waals surface area (Å²) in [5.74, 6) is 1.28. The largest absolute Gasteiger partial charge is 0.224 e. The van der Waals surface area contributed by atoms with Crippen LogP contribution < -0.4 is 0 Å². The molecule has 1 aliphatic rings. The lowest BCUT2D eigenvalue weighted by molar-refractivity contribution is 0.610. The summed E-state index contributed by atoms with van der Waals surface area (Å²) in [6, 6.07) is 0. The molecule has 3 heteroatoms. The smallest absolute Gasteiger partial charge is 0.175 e. The number of hydrogen-bond donors (Lipinski definition) is 0. The summed E-state index contributed by atoms with van der Waals surface area (Å²) >= 11 is 0. The molecule has 0 aromatic heterocycles. The first-order valence-electron chi connectivity index (χ1n) is 1.95. The van der Waals surface area contributed by atoms with Crippen LogP contribution >= 0.6 is 0 Å². The van der Waals surface area contributed by atoms with Crippen molar-refractivity contribution < 1.29 is 8.42 Å². The fourth-order valence-electron chi connectivity index (χ4n) is 0.435. The van der Waals surface area contributed by atoms with Gasteiger partial charge in [-0.2, -0.15) is 0 Å². The van der Waals surface area contributed by atoms with Crippen LogP contribution in [0.1, 0.15) is 6.42 Å². The molecule has 0 bridgehead atoms. The molecule has 0 aromatic carbocycles. The third-order valence-corrected chi connectivity index (χ3v) is 1.98. The topological polar surface area (TPSA) is 34.1 Å². The second-order valence-electron chi connectivity index (χ2n) is 1.36. The van der Waals surface area contributed by atoms with Gasteiger partial charge in [-0.1, -0.05) is 6.08 Å². The molecule has 0 amide bonds. The molecule has 1 rings (SSSR count). The maximum absolute atomic E-state index is 10.3. The van der Waals surface area contributed by atoms with Gasteiger partial charge >= 0.3 is 0 Å². The Morgan fingerprint density at radius 2 is 2.14 bits per heavy atom. The first kappa shape index (κ1) is 4.84. The summed E-state index contributed by atoms with van der Waals surface area (Å²) in [4.78, 5) is 0. The van der Waals surface area contributed by atoms with Gasteiger partial charge in [-0.15, -0.1) is 0 Å². The standard InChI is InChI=1S/C4H5O2S/c5-7(6)3-1-2-4-7/h1,3-4H,2H2. The summed E-state index contributed by atoms with van der Waals surface area (Å²) in [5, 5.41) is 1.22. The lowest BCUT2D eigenvalue weighted by Crippen LogP contribution is -1.85. The lowest BCUT2D eigenvalue weighted by atomic mass is 10.5. The van der Waals surface area contributed by atoms with Crippen LogP contribution in [-0.2, 0) is 9.84 Å². The Kier molecular flexibility index (Phi) is 0.922. The fourth-order valence-corrected chi connectivity index (χ4v) is 1.30. The van der Waals surface area contributed by atoms with Gasteiger partial charge in [-0.3, -0.25) is 0 Å². The van der Waals surface area contributed by atoms with Crippen LogP contribution in [0.15, 0.2) is 11.5 Å². The molecule has 2 nitrogen and oxygen atoms in total. The van der Waals surface area contributed by atoms with Crippen LogP contribution in [0.3, 0.4) is 0 Å². The Labute approximate surface area is 42.8 Å². The predicted molar refractivity (Wildman–Crippen MR) is 27.0 cm³/mol. The van der Waals surface area contributed by atoms with Crippen LogP contribution in [0, 0.1) is 5.75 Å². The molecule has 0 aromatic rings. The Hall–Kier alpha value is -0.310. The summed E-state index contributed by atoms with van der Waals surface area (Å²) in [6.45, 7) is 0. The van der Waals surface area contributed by atoms with Gasteiger partial charge in [0.1, 0.15) is 0 Å². The normalized spacial score (nSPS) is 25.7. The number of sulfone groups is 1. The summed E-state index contributed by atoms with van der Waals surface area (Å²) in [6.07, 6.45) is 2.19. The first-order valence-corrected chi connectivity index (χ1v) is 3.56. The zero-order valence-electron chi connectivity index (χ0n) is 3.66. The molecule has 1 radical (unpaired) electrons. The lowest BCUT2D eigenvalue weighted by Gasteiger charge is -1.78. The van der Waals surface area contributed by atoms with Gasteiger partial charge in [0, 0.05) is 5.41 Å². The zero-order chi connectivity index (χ0) is 5.33. The van der Waals surface area contributed by atoms with E-state index in [0.29, 0.717) is 6.42 Å². The van der Waals surface area contributed by atoms with Gasteiger partial charge in [0.2, 0.25) is 0 Å². The van der Waals surface area contributed by atoms with E-state index in [4.69, 9.17) is 0 Å². The molecule has 0 spiro atoms. The molecular weight excluding hydrogens is 112 g/mol. The Bertz CT molecular complexity index is 176. The second-order valence-corrected chi connectivity index (χ2v) is 3.15. The first-order chi connectivity index (χ1) is 3.21. The van der Waals surface area contributed by atoms with Crippen LogP contribution in [0.25, 0.3) is 0 Å². The number of rotatable bonds is 0. The quantitative estimate of drug-likeness (QED) is 0.462. The monoisotopic (exact) mass is 117 g/mol. The molecule has 7 heavy (non-hydrogen) atoms. The Morgan fingerprint density at radius 1 is 1.43 bits per heavy atom.